The van der Waals surface area contributed by atoms with Crippen LogP contribution in [0, 0.1) is 6.92 Å². The fourth-order valence-corrected chi connectivity index (χ4v) is 3.28. The van der Waals surface area contributed by atoms with Crippen molar-refractivity contribution in [1.82, 2.24) is 10.3 Å². The number of hydrogen-bond acceptors (Lipinski definition) is 4. The molecule has 0 bridgehead atoms. The lowest BCUT2D eigenvalue weighted by molar-refractivity contribution is 0.411. The molecule has 1 aromatic heterocycles. The fourth-order valence-electron chi connectivity index (χ4n) is 2.15. The summed E-state index contributed by atoms with van der Waals surface area (Å²) in [5.41, 5.74) is 2.48. The molecule has 0 spiro atoms. The summed E-state index contributed by atoms with van der Waals surface area (Å²) in [6.07, 6.45) is 3.65. The Hall–Kier alpha value is -1.52. The quantitative estimate of drug-likeness (QED) is 0.788. The van der Waals surface area contributed by atoms with Crippen LogP contribution in [-0.2, 0) is 0 Å². The molecule has 1 unspecified atom stereocenters. The topological polar surface area (TPSA) is 34.2 Å². The summed E-state index contributed by atoms with van der Waals surface area (Å²) in [7, 11) is 1.67. The van der Waals surface area contributed by atoms with Gasteiger partial charge in [0.15, 0.2) is 0 Å². The van der Waals surface area contributed by atoms with Gasteiger partial charge in [-0.1, -0.05) is 25.1 Å². The maximum Gasteiger partial charge on any atom is 0.137 e. The first-order valence-electron chi connectivity index (χ1n) is 7.15. The number of aryl methyl sites for hydroxylation is 1. The monoisotopic (exact) mass is 302 g/mol. The smallest absolute Gasteiger partial charge is 0.137 e. The Morgan fingerprint density at radius 1 is 1.29 bits per heavy atom. The van der Waals surface area contributed by atoms with Crippen LogP contribution in [0.25, 0.3) is 0 Å². The van der Waals surface area contributed by atoms with Gasteiger partial charge in [-0.15, -0.1) is 11.8 Å². The Balaban J connectivity index is 2.10. The molecule has 1 aromatic carbocycles. The SMILES string of the molecule is CCNC(CSc1ccccc1C)c1cncc(OC)c1. The van der Waals surface area contributed by atoms with Gasteiger partial charge in [0.2, 0.25) is 0 Å². The molecule has 1 N–H and O–H groups in total. The van der Waals surface area contributed by atoms with Crippen molar-refractivity contribution in [3.8, 4) is 5.75 Å². The highest BCUT2D eigenvalue weighted by atomic mass is 32.2. The van der Waals surface area contributed by atoms with Gasteiger partial charge in [0.05, 0.1) is 13.3 Å². The van der Waals surface area contributed by atoms with Crippen molar-refractivity contribution in [2.75, 3.05) is 19.4 Å². The number of ether oxygens (including phenoxy) is 1. The van der Waals surface area contributed by atoms with Gasteiger partial charge in [0, 0.05) is 22.9 Å². The van der Waals surface area contributed by atoms with E-state index >= 15 is 0 Å². The molecule has 21 heavy (non-hydrogen) atoms. The van der Waals surface area contributed by atoms with Crippen molar-refractivity contribution in [3.05, 3.63) is 53.9 Å². The third kappa shape index (κ3) is 4.48. The third-order valence-electron chi connectivity index (χ3n) is 3.32. The molecule has 2 aromatic rings. The Bertz CT molecular complexity index is 574. The van der Waals surface area contributed by atoms with Crippen LogP contribution in [0.2, 0.25) is 0 Å². The van der Waals surface area contributed by atoms with Gasteiger partial charge in [-0.3, -0.25) is 4.98 Å². The number of methoxy groups -OCH3 is 1. The van der Waals surface area contributed by atoms with Crippen molar-refractivity contribution < 1.29 is 4.74 Å². The number of aromatic nitrogens is 1. The first-order valence-corrected chi connectivity index (χ1v) is 8.14. The number of nitrogens with zero attached hydrogens (tertiary/aromatic N) is 1. The van der Waals surface area contributed by atoms with E-state index in [4.69, 9.17) is 4.74 Å². The number of nitrogens with one attached hydrogen (secondary N) is 1. The maximum atomic E-state index is 5.27. The van der Waals surface area contributed by atoms with Crippen LogP contribution in [0.4, 0.5) is 0 Å². The van der Waals surface area contributed by atoms with Crippen LogP contribution < -0.4 is 10.1 Å². The van der Waals surface area contributed by atoms with Crippen LogP contribution in [-0.4, -0.2) is 24.4 Å². The largest absolute Gasteiger partial charge is 0.495 e. The van der Waals surface area contributed by atoms with E-state index in [1.165, 1.54) is 10.5 Å². The van der Waals surface area contributed by atoms with Crippen molar-refractivity contribution >= 4 is 11.8 Å². The van der Waals surface area contributed by atoms with E-state index in [2.05, 4.69) is 54.5 Å². The molecule has 0 saturated heterocycles. The highest BCUT2D eigenvalue weighted by Gasteiger charge is 2.12. The van der Waals surface area contributed by atoms with Gasteiger partial charge >= 0.3 is 0 Å². The average molecular weight is 302 g/mol. The first-order chi connectivity index (χ1) is 10.2. The minimum Gasteiger partial charge on any atom is -0.495 e. The lowest BCUT2D eigenvalue weighted by atomic mass is 10.1. The maximum absolute atomic E-state index is 5.27. The lowest BCUT2D eigenvalue weighted by Gasteiger charge is -2.18. The van der Waals surface area contributed by atoms with Gasteiger partial charge < -0.3 is 10.1 Å². The molecule has 3 nitrogen and oxygen atoms in total. The van der Waals surface area contributed by atoms with Crippen molar-refractivity contribution in [1.29, 1.82) is 0 Å². The fraction of sp³-hybridized carbons (Fsp3) is 0.353. The Morgan fingerprint density at radius 3 is 2.81 bits per heavy atom. The molecule has 0 aliphatic carbocycles. The molecule has 2 rings (SSSR count). The molecule has 0 aliphatic heterocycles. The molecule has 112 valence electrons. The van der Waals surface area contributed by atoms with Crippen LogP contribution in [0.3, 0.4) is 0 Å². The van der Waals surface area contributed by atoms with Crippen LogP contribution >= 0.6 is 11.8 Å². The zero-order chi connectivity index (χ0) is 15.1. The third-order valence-corrected chi connectivity index (χ3v) is 4.59. The summed E-state index contributed by atoms with van der Waals surface area (Å²) < 4.78 is 5.27. The molecule has 1 heterocycles. The first kappa shape index (κ1) is 15.9. The van der Waals surface area contributed by atoms with Crippen LogP contribution in [0.1, 0.15) is 24.1 Å². The van der Waals surface area contributed by atoms with E-state index in [-0.39, 0.29) is 6.04 Å². The average Bonchev–Trinajstić information content (AvgIpc) is 2.53. The number of benzene rings is 1. The zero-order valence-corrected chi connectivity index (χ0v) is 13.6. The predicted octanol–water partition coefficient (Wildman–Crippen LogP) is 3.84. The summed E-state index contributed by atoms with van der Waals surface area (Å²) >= 11 is 1.87. The van der Waals surface area contributed by atoms with Gasteiger partial charge in [0.25, 0.3) is 0 Å². The summed E-state index contributed by atoms with van der Waals surface area (Å²) in [5, 5.41) is 3.52. The standard InChI is InChI=1S/C17H22N2OS/c1-4-19-16(14-9-15(20-3)11-18-10-14)12-21-17-8-6-5-7-13(17)2/h5-11,16,19H,4,12H2,1-3H3. The van der Waals surface area contributed by atoms with Crippen molar-refractivity contribution in [2.45, 2.75) is 24.8 Å². The Labute approximate surface area is 131 Å². The number of pyridine rings is 1. The molecule has 0 fully saturated rings. The minimum absolute atomic E-state index is 0.266. The molecule has 1 atom stereocenters. The molecule has 4 heteroatoms. The van der Waals surface area contributed by atoms with Crippen LogP contribution in [0.5, 0.6) is 5.75 Å². The second-order valence-electron chi connectivity index (χ2n) is 4.84. The van der Waals surface area contributed by atoms with E-state index in [0.717, 1.165) is 23.6 Å². The Morgan fingerprint density at radius 2 is 2.10 bits per heavy atom. The van der Waals surface area contributed by atoms with Gasteiger partial charge in [-0.05, 0) is 36.7 Å². The number of thioether (sulfide) groups is 1. The molecular weight excluding hydrogens is 280 g/mol. The summed E-state index contributed by atoms with van der Waals surface area (Å²) in [4.78, 5) is 5.59. The number of hydrogen-bond donors (Lipinski definition) is 1. The van der Waals surface area contributed by atoms with Crippen molar-refractivity contribution in [2.24, 2.45) is 0 Å². The normalized spacial score (nSPS) is 12.1. The van der Waals surface area contributed by atoms with E-state index in [1.54, 1.807) is 13.3 Å². The molecule has 0 aliphatic rings. The highest BCUT2D eigenvalue weighted by molar-refractivity contribution is 7.99. The number of rotatable bonds is 7. The van der Waals surface area contributed by atoms with Crippen molar-refractivity contribution in [3.63, 3.8) is 0 Å². The molecule has 0 saturated carbocycles. The van der Waals surface area contributed by atoms with Gasteiger partial charge in [0.1, 0.15) is 5.75 Å². The summed E-state index contributed by atoms with van der Waals surface area (Å²) in [6, 6.07) is 10.8. The second-order valence-corrected chi connectivity index (χ2v) is 5.91. The van der Waals surface area contributed by atoms with E-state index in [9.17, 15) is 0 Å². The summed E-state index contributed by atoms with van der Waals surface area (Å²) in [6.45, 7) is 5.20. The second kappa shape index (κ2) is 8.05. The van der Waals surface area contributed by atoms with Gasteiger partial charge in [-0.2, -0.15) is 0 Å². The molecular formula is C17H22N2OS. The highest BCUT2D eigenvalue weighted by Crippen LogP contribution is 2.28. The Kier molecular flexibility index (Phi) is 6.08. The molecule has 0 amide bonds. The van der Waals surface area contributed by atoms with E-state index in [0.29, 0.717) is 0 Å². The van der Waals surface area contributed by atoms with E-state index < -0.39 is 0 Å². The minimum atomic E-state index is 0.266. The van der Waals surface area contributed by atoms with Gasteiger partial charge in [-0.25, -0.2) is 0 Å². The van der Waals surface area contributed by atoms with Crippen LogP contribution in [0.15, 0.2) is 47.6 Å². The summed E-state index contributed by atoms with van der Waals surface area (Å²) in [5.74, 6) is 1.77. The zero-order valence-electron chi connectivity index (χ0n) is 12.8. The lowest BCUT2D eigenvalue weighted by Crippen LogP contribution is -2.23. The molecule has 0 radical (unpaired) electrons. The van der Waals surface area contributed by atoms with E-state index in [1.807, 2.05) is 18.0 Å². The predicted molar refractivity (Wildman–Crippen MR) is 89.1 cm³/mol.